The lowest BCUT2D eigenvalue weighted by Gasteiger charge is -2.23. The first-order valence-electron chi connectivity index (χ1n) is 5.55. The van der Waals surface area contributed by atoms with Crippen LogP contribution in [0.1, 0.15) is 24.0 Å². The minimum atomic E-state index is 0.464. The zero-order valence-corrected chi connectivity index (χ0v) is 10.5. The van der Waals surface area contributed by atoms with Crippen molar-refractivity contribution in [1.82, 2.24) is 4.90 Å². The van der Waals surface area contributed by atoms with Crippen LogP contribution in [0.4, 0.5) is 0 Å². The molecule has 15 heavy (non-hydrogen) atoms. The van der Waals surface area contributed by atoms with Crippen LogP contribution in [0.25, 0.3) is 0 Å². The van der Waals surface area contributed by atoms with E-state index in [0.717, 1.165) is 6.54 Å². The molecule has 0 N–H and O–H groups in total. The van der Waals surface area contributed by atoms with E-state index in [1.807, 2.05) is 0 Å². The summed E-state index contributed by atoms with van der Waals surface area (Å²) in [5.41, 5.74) is 2.86. The third kappa shape index (κ3) is 1.93. The highest BCUT2D eigenvalue weighted by Crippen LogP contribution is 2.36. The van der Waals surface area contributed by atoms with Crippen molar-refractivity contribution in [3.63, 3.8) is 0 Å². The maximum absolute atomic E-state index is 4.72. The van der Waals surface area contributed by atoms with Gasteiger partial charge < -0.3 is 4.90 Å². The molecule has 0 radical (unpaired) electrons. The Balaban J connectivity index is 2.35. The second-order valence-electron chi connectivity index (χ2n) is 4.63. The van der Waals surface area contributed by atoms with E-state index in [2.05, 4.69) is 50.1 Å². The molecule has 1 aromatic carbocycles. The molecule has 0 aliphatic carbocycles. The van der Waals surface area contributed by atoms with Crippen molar-refractivity contribution in [2.45, 2.75) is 31.1 Å². The highest BCUT2D eigenvalue weighted by atomic mass is 32.1. The Morgan fingerprint density at radius 1 is 1.33 bits per heavy atom. The molecule has 1 aliphatic rings. The molecule has 82 valence electrons. The van der Waals surface area contributed by atoms with Gasteiger partial charge in [-0.25, -0.2) is 0 Å². The number of likely N-dealkylation sites (tertiary alicyclic amines) is 1. The van der Waals surface area contributed by atoms with E-state index >= 15 is 0 Å². The number of rotatable bonds is 1. The third-order valence-electron chi connectivity index (χ3n) is 3.65. The van der Waals surface area contributed by atoms with Crippen LogP contribution in [0.3, 0.4) is 0 Å². The van der Waals surface area contributed by atoms with Gasteiger partial charge in [-0.3, -0.25) is 0 Å². The first-order chi connectivity index (χ1) is 7.11. The van der Waals surface area contributed by atoms with E-state index in [0.29, 0.717) is 17.2 Å². The summed E-state index contributed by atoms with van der Waals surface area (Å²) < 4.78 is 0. The van der Waals surface area contributed by atoms with E-state index in [-0.39, 0.29) is 0 Å². The molecule has 0 spiro atoms. The van der Waals surface area contributed by atoms with Gasteiger partial charge in [0, 0.05) is 23.8 Å². The molecule has 1 fully saturated rings. The Labute approximate surface area is 97.9 Å². The number of aryl methyl sites for hydroxylation is 1. The van der Waals surface area contributed by atoms with E-state index in [4.69, 9.17) is 12.6 Å². The van der Waals surface area contributed by atoms with Crippen molar-refractivity contribution >= 4 is 12.6 Å². The van der Waals surface area contributed by atoms with Crippen LogP contribution in [-0.4, -0.2) is 29.8 Å². The van der Waals surface area contributed by atoms with Crippen LogP contribution in [0, 0.1) is 6.92 Å². The molecule has 1 aliphatic heterocycles. The van der Waals surface area contributed by atoms with Crippen LogP contribution in [-0.2, 0) is 0 Å². The number of hydrogen-bond acceptors (Lipinski definition) is 2. The molecule has 0 bridgehead atoms. The topological polar surface area (TPSA) is 3.24 Å². The summed E-state index contributed by atoms with van der Waals surface area (Å²) in [6.45, 7) is 5.58. The van der Waals surface area contributed by atoms with Crippen LogP contribution in [0.15, 0.2) is 24.3 Å². The second kappa shape index (κ2) is 4.18. The largest absolute Gasteiger partial charge is 0.302 e. The predicted molar refractivity (Wildman–Crippen MR) is 68.8 cm³/mol. The molecule has 1 heterocycles. The molecule has 2 rings (SSSR count). The van der Waals surface area contributed by atoms with E-state index in [1.165, 1.54) is 11.1 Å². The molecule has 0 amide bonds. The summed E-state index contributed by atoms with van der Waals surface area (Å²) in [6, 6.07) is 9.28. The predicted octanol–water partition coefficient (Wildman–Crippen LogP) is 2.71. The van der Waals surface area contributed by atoms with Crippen molar-refractivity contribution in [3.05, 3.63) is 35.4 Å². The van der Waals surface area contributed by atoms with Crippen molar-refractivity contribution in [2.24, 2.45) is 0 Å². The Morgan fingerprint density at radius 2 is 2.00 bits per heavy atom. The van der Waals surface area contributed by atoms with Gasteiger partial charge in [-0.15, -0.1) is 0 Å². The lowest BCUT2D eigenvalue weighted by Crippen LogP contribution is -2.25. The molecule has 0 aromatic heterocycles. The van der Waals surface area contributed by atoms with Crippen molar-refractivity contribution < 1.29 is 0 Å². The third-order valence-corrected chi connectivity index (χ3v) is 4.14. The first kappa shape index (κ1) is 11.0. The quantitative estimate of drug-likeness (QED) is 0.714. The Hall–Kier alpha value is -0.470. The van der Waals surface area contributed by atoms with Gasteiger partial charge in [-0.2, -0.15) is 12.6 Å². The highest BCUT2D eigenvalue weighted by Gasteiger charge is 2.36. The van der Waals surface area contributed by atoms with Crippen molar-refractivity contribution in [2.75, 3.05) is 13.6 Å². The highest BCUT2D eigenvalue weighted by molar-refractivity contribution is 7.81. The summed E-state index contributed by atoms with van der Waals surface area (Å²) in [6.07, 6.45) is 0. The maximum Gasteiger partial charge on any atom is 0.0228 e. The lowest BCUT2D eigenvalue weighted by molar-refractivity contribution is 0.318. The molecule has 3 unspecified atom stereocenters. The fourth-order valence-corrected chi connectivity index (χ4v) is 3.27. The SMILES string of the molecule is Cc1ccccc1C1C(S)CN(C)C1C. The summed E-state index contributed by atoms with van der Waals surface area (Å²) in [7, 11) is 2.19. The summed E-state index contributed by atoms with van der Waals surface area (Å²) >= 11 is 4.72. The zero-order valence-electron chi connectivity index (χ0n) is 9.64. The summed E-state index contributed by atoms with van der Waals surface area (Å²) in [4.78, 5) is 2.40. The van der Waals surface area contributed by atoms with E-state index in [1.54, 1.807) is 0 Å². The van der Waals surface area contributed by atoms with Crippen LogP contribution < -0.4 is 0 Å². The van der Waals surface area contributed by atoms with Gasteiger partial charge in [0.25, 0.3) is 0 Å². The van der Waals surface area contributed by atoms with Gasteiger partial charge in [0.15, 0.2) is 0 Å². The van der Waals surface area contributed by atoms with E-state index < -0.39 is 0 Å². The Bertz CT molecular complexity index is 350. The Kier molecular flexibility index (Phi) is 3.08. The zero-order chi connectivity index (χ0) is 11.0. The normalized spacial score (nSPS) is 32.1. The molecule has 1 aromatic rings. The van der Waals surface area contributed by atoms with Gasteiger partial charge in [-0.1, -0.05) is 24.3 Å². The minimum Gasteiger partial charge on any atom is -0.302 e. The molecule has 3 atom stereocenters. The lowest BCUT2D eigenvalue weighted by atomic mass is 9.89. The standard InChI is InChI=1S/C13H19NS/c1-9-6-4-5-7-11(9)13-10(2)14(3)8-12(13)15/h4-7,10,12-13,15H,8H2,1-3H3. The average molecular weight is 221 g/mol. The summed E-state index contributed by atoms with van der Waals surface area (Å²) in [5.74, 6) is 0.569. The first-order valence-corrected chi connectivity index (χ1v) is 6.06. The monoisotopic (exact) mass is 221 g/mol. The maximum atomic E-state index is 4.72. The molecular weight excluding hydrogens is 202 g/mol. The van der Waals surface area contributed by atoms with Gasteiger partial charge in [0.05, 0.1) is 0 Å². The van der Waals surface area contributed by atoms with Crippen LogP contribution >= 0.6 is 12.6 Å². The van der Waals surface area contributed by atoms with Crippen molar-refractivity contribution in [3.8, 4) is 0 Å². The Morgan fingerprint density at radius 3 is 2.53 bits per heavy atom. The van der Waals surface area contributed by atoms with Crippen LogP contribution in [0.2, 0.25) is 0 Å². The molecule has 0 saturated carbocycles. The second-order valence-corrected chi connectivity index (χ2v) is 5.29. The van der Waals surface area contributed by atoms with Gasteiger partial charge in [0.1, 0.15) is 0 Å². The molecule has 1 nitrogen and oxygen atoms in total. The molecular formula is C13H19NS. The summed E-state index contributed by atoms with van der Waals surface area (Å²) in [5, 5.41) is 0.464. The fraction of sp³-hybridized carbons (Fsp3) is 0.538. The smallest absolute Gasteiger partial charge is 0.0228 e. The van der Waals surface area contributed by atoms with Gasteiger partial charge in [0.2, 0.25) is 0 Å². The molecule has 1 saturated heterocycles. The number of hydrogen-bond donors (Lipinski definition) is 1. The number of likely N-dealkylation sites (N-methyl/N-ethyl adjacent to an activating group) is 1. The minimum absolute atomic E-state index is 0.464. The fourth-order valence-electron chi connectivity index (χ4n) is 2.60. The van der Waals surface area contributed by atoms with Gasteiger partial charge in [-0.05, 0) is 32.0 Å². The van der Waals surface area contributed by atoms with Crippen molar-refractivity contribution in [1.29, 1.82) is 0 Å². The number of benzene rings is 1. The van der Waals surface area contributed by atoms with E-state index in [9.17, 15) is 0 Å². The number of nitrogens with zero attached hydrogens (tertiary/aromatic N) is 1. The molecule has 2 heteroatoms. The average Bonchev–Trinajstić information content (AvgIpc) is 2.43. The van der Waals surface area contributed by atoms with Crippen LogP contribution in [0.5, 0.6) is 0 Å². The number of thiol groups is 1. The van der Waals surface area contributed by atoms with Gasteiger partial charge >= 0.3 is 0 Å².